The molecule has 0 unspecified atom stereocenters. The van der Waals surface area contributed by atoms with Gasteiger partial charge < -0.3 is 9.42 Å². The van der Waals surface area contributed by atoms with Crippen molar-refractivity contribution >= 4 is 17.3 Å². The second kappa shape index (κ2) is 7.37. The zero-order valence-electron chi connectivity index (χ0n) is 18.2. The lowest BCUT2D eigenvalue weighted by molar-refractivity contribution is -0.384. The first-order valence-corrected chi connectivity index (χ1v) is 10.3. The molecule has 10 nitrogen and oxygen atoms in total. The number of benzene rings is 2. The third-order valence-corrected chi connectivity index (χ3v) is 5.46. The Morgan fingerprint density at radius 1 is 1.09 bits per heavy atom. The van der Waals surface area contributed by atoms with Crippen molar-refractivity contribution in [1.82, 2.24) is 19.7 Å². The van der Waals surface area contributed by atoms with Gasteiger partial charge in [0.05, 0.1) is 28.5 Å². The molecule has 2 aromatic carbocycles. The Labute approximate surface area is 188 Å². The van der Waals surface area contributed by atoms with Crippen molar-refractivity contribution in [2.24, 2.45) is 0 Å². The number of nitrogens with zero attached hydrogens (tertiary/aromatic N) is 6. The number of imidazole rings is 1. The van der Waals surface area contributed by atoms with Crippen molar-refractivity contribution in [2.45, 2.75) is 32.7 Å². The first-order chi connectivity index (χ1) is 15.7. The normalized spacial score (nSPS) is 12.9. The largest absolute Gasteiger partial charge is 0.338 e. The minimum Gasteiger partial charge on any atom is -0.338 e. The van der Waals surface area contributed by atoms with E-state index in [0.717, 1.165) is 11.4 Å². The first kappa shape index (κ1) is 20.6. The lowest BCUT2D eigenvalue weighted by atomic mass is 9.97. The molecular weight excluding hydrogens is 424 g/mol. The summed E-state index contributed by atoms with van der Waals surface area (Å²) in [5.41, 5.74) is 2.73. The smallest absolute Gasteiger partial charge is 0.269 e. The molecule has 4 aromatic rings. The van der Waals surface area contributed by atoms with Crippen LogP contribution in [0.3, 0.4) is 0 Å². The summed E-state index contributed by atoms with van der Waals surface area (Å²) in [6.07, 6.45) is 1.68. The van der Waals surface area contributed by atoms with Gasteiger partial charge in [-0.25, -0.2) is 4.98 Å². The van der Waals surface area contributed by atoms with Gasteiger partial charge in [-0.15, -0.1) is 0 Å². The molecule has 5 rings (SSSR count). The Morgan fingerprint density at radius 2 is 1.79 bits per heavy atom. The molecule has 0 aliphatic carbocycles. The van der Waals surface area contributed by atoms with Crippen molar-refractivity contribution in [3.05, 3.63) is 82.1 Å². The van der Waals surface area contributed by atoms with Crippen LogP contribution in [0.15, 0.2) is 59.4 Å². The van der Waals surface area contributed by atoms with Crippen molar-refractivity contribution in [3.63, 3.8) is 0 Å². The van der Waals surface area contributed by atoms with Gasteiger partial charge >= 0.3 is 0 Å². The maximum atomic E-state index is 13.4. The number of hydrogen-bond donors (Lipinski definition) is 0. The number of carbonyl (C=O) groups is 1. The summed E-state index contributed by atoms with van der Waals surface area (Å²) >= 11 is 0. The van der Waals surface area contributed by atoms with Crippen molar-refractivity contribution in [1.29, 1.82) is 0 Å². The van der Waals surface area contributed by atoms with E-state index in [2.05, 4.69) is 15.1 Å². The summed E-state index contributed by atoms with van der Waals surface area (Å²) < 4.78 is 7.36. The van der Waals surface area contributed by atoms with E-state index in [4.69, 9.17) is 4.52 Å². The number of nitro benzene ring substituents is 1. The van der Waals surface area contributed by atoms with Crippen LogP contribution in [0.4, 0.5) is 11.4 Å². The Hall–Kier alpha value is -4.34. The Bertz CT molecular complexity index is 1380. The fourth-order valence-corrected chi connectivity index (χ4v) is 3.74. The summed E-state index contributed by atoms with van der Waals surface area (Å²) in [4.78, 5) is 34.6. The molecule has 0 N–H and O–H groups in total. The van der Waals surface area contributed by atoms with E-state index in [1.165, 1.54) is 24.3 Å². The predicted octanol–water partition coefficient (Wildman–Crippen LogP) is 4.29. The van der Waals surface area contributed by atoms with Crippen LogP contribution in [0.25, 0.3) is 17.2 Å². The van der Waals surface area contributed by atoms with E-state index in [1.54, 1.807) is 11.2 Å². The van der Waals surface area contributed by atoms with Gasteiger partial charge in [0.25, 0.3) is 11.6 Å². The van der Waals surface area contributed by atoms with Crippen LogP contribution in [-0.4, -0.2) is 30.5 Å². The van der Waals surface area contributed by atoms with Crippen LogP contribution in [-0.2, 0) is 12.0 Å². The van der Waals surface area contributed by atoms with Gasteiger partial charge in [-0.05, 0) is 24.3 Å². The van der Waals surface area contributed by atoms with Crippen LogP contribution >= 0.6 is 0 Å². The monoisotopic (exact) mass is 444 g/mol. The Balaban J connectivity index is 1.57. The molecule has 0 saturated heterocycles. The first-order valence-electron chi connectivity index (χ1n) is 10.3. The average molecular weight is 444 g/mol. The molecule has 1 aliphatic rings. The Morgan fingerprint density at radius 3 is 2.42 bits per heavy atom. The third-order valence-electron chi connectivity index (χ3n) is 5.46. The lowest BCUT2D eigenvalue weighted by Gasteiger charge is -2.30. The van der Waals surface area contributed by atoms with Gasteiger partial charge in [0.2, 0.25) is 11.7 Å². The van der Waals surface area contributed by atoms with Crippen molar-refractivity contribution in [3.8, 4) is 17.2 Å². The van der Waals surface area contributed by atoms with Crippen molar-refractivity contribution < 1.29 is 14.2 Å². The maximum absolute atomic E-state index is 13.4. The van der Waals surface area contributed by atoms with Gasteiger partial charge in [0.15, 0.2) is 0 Å². The number of hydrogen-bond acceptors (Lipinski definition) is 7. The number of nitro groups is 1. The molecule has 1 amide bonds. The van der Waals surface area contributed by atoms with Crippen molar-refractivity contribution in [2.75, 3.05) is 4.90 Å². The minimum atomic E-state index is -0.494. The van der Waals surface area contributed by atoms with E-state index in [0.29, 0.717) is 28.7 Å². The average Bonchev–Trinajstić information content (AvgIpc) is 3.45. The number of anilines is 1. The van der Waals surface area contributed by atoms with Gasteiger partial charge in [0, 0.05) is 23.1 Å². The molecule has 33 heavy (non-hydrogen) atoms. The van der Waals surface area contributed by atoms with Crippen LogP contribution in [0.5, 0.6) is 0 Å². The molecule has 0 radical (unpaired) electrons. The molecule has 1 aliphatic heterocycles. The summed E-state index contributed by atoms with van der Waals surface area (Å²) in [5.74, 6) is 0.573. The highest BCUT2D eigenvalue weighted by Crippen LogP contribution is 2.36. The SMILES string of the molecule is CC(C)(C)c1nc(-c2ncn3c2CN(C(=O)c2ccc([N+](=O)[O-])cc2)c2ccccc2-3)no1. The number of carbonyl (C=O) groups excluding carboxylic acids is 1. The quantitative estimate of drug-likeness (QED) is 0.341. The topological polar surface area (TPSA) is 120 Å². The fraction of sp³-hybridized carbons (Fsp3) is 0.217. The van der Waals surface area contributed by atoms with Crippen LogP contribution < -0.4 is 4.90 Å². The number of non-ortho nitro benzene ring substituents is 1. The molecule has 10 heteroatoms. The molecule has 0 atom stereocenters. The molecule has 2 aromatic heterocycles. The second-order valence-corrected chi connectivity index (χ2v) is 8.77. The number of para-hydroxylation sites is 2. The summed E-state index contributed by atoms with van der Waals surface area (Å²) in [7, 11) is 0. The standard InChI is InChI=1S/C23H20N6O4/c1-23(2,3)22-25-20(26-33-22)19-18-12-27(16-6-4-5-7-17(16)28(18)13-24-19)21(30)14-8-10-15(11-9-14)29(31)32/h4-11,13H,12H2,1-3H3. The highest BCUT2D eigenvalue weighted by atomic mass is 16.6. The predicted molar refractivity (Wildman–Crippen MR) is 119 cm³/mol. The lowest BCUT2D eigenvalue weighted by Crippen LogP contribution is -2.35. The Kier molecular flexibility index (Phi) is 4.59. The van der Waals surface area contributed by atoms with E-state index in [1.807, 2.05) is 49.6 Å². The molecule has 0 spiro atoms. The molecule has 0 saturated carbocycles. The number of aromatic nitrogens is 4. The molecule has 166 valence electrons. The summed E-state index contributed by atoms with van der Waals surface area (Å²) in [6, 6.07) is 13.1. The minimum absolute atomic E-state index is 0.0716. The van der Waals surface area contributed by atoms with Gasteiger partial charge in [-0.2, -0.15) is 4.98 Å². The third kappa shape index (κ3) is 3.45. The highest BCUT2D eigenvalue weighted by molar-refractivity contribution is 6.07. The van der Waals surface area contributed by atoms with E-state index in [9.17, 15) is 14.9 Å². The van der Waals surface area contributed by atoms with E-state index < -0.39 is 4.92 Å². The zero-order chi connectivity index (χ0) is 23.3. The summed E-state index contributed by atoms with van der Waals surface area (Å²) in [5, 5.41) is 15.1. The van der Waals surface area contributed by atoms with E-state index in [-0.39, 0.29) is 23.6 Å². The van der Waals surface area contributed by atoms with Crippen LogP contribution in [0.1, 0.15) is 42.7 Å². The number of amides is 1. The molecule has 0 bridgehead atoms. The number of fused-ring (bicyclic) bond motifs is 3. The van der Waals surface area contributed by atoms with Crippen LogP contribution in [0, 0.1) is 10.1 Å². The number of rotatable bonds is 3. The maximum Gasteiger partial charge on any atom is 0.269 e. The van der Waals surface area contributed by atoms with E-state index >= 15 is 0 Å². The second-order valence-electron chi connectivity index (χ2n) is 8.77. The molecule has 0 fully saturated rings. The zero-order valence-corrected chi connectivity index (χ0v) is 18.2. The van der Waals surface area contributed by atoms with Gasteiger partial charge in [-0.1, -0.05) is 38.1 Å². The molecular formula is C23H20N6O4. The van der Waals surface area contributed by atoms with Gasteiger partial charge in [0.1, 0.15) is 12.0 Å². The summed E-state index contributed by atoms with van der Waals surface area (Å²) in [6.45, 7) is 6.16. The fourth-order valence-electron chi connectivity index (χ4n) is 3.74. The molecule has 3 heterocycles. The highest BCUT2D eigenvalue weighted by Gasteiger charge is 2.32. The van der Waals surface area contributed by atoms with Crippen LogP contribution in [0.2, 0.25) is 0 Å². The van der Waals surface area contributed by atoms with Gasteiger partial charge in [-0.3, -0.25) is 19.5 Å².